The van der Waals surface area contributed by atoms with E-state index in [1.165, 1.54) is 17.9 Å². The minimum atomic E-state index is -0.252. The molecular formula is C20H23FN4O2. The summed E-state index contributed by atoms with van der Waals surface area (Å²) in [5.41, 5.74) is 1.49. The number of rotatable bonds is 5. The molecule has 1 aromatic carbocycles. The van der Waals surface area contributed by atoms with Crippen LogP contribution in [0.15, 0.2) is 48.8 Å². The molecule has 2 amide bonds. The fraction of sp³-hybridized carbons (Fsp3) is 0.350. The molecule has 7 heteroatoms. The van der Waals surface area contributed by atoms with Crippen molar-refractivity contribution in [1.82, 2.24) is 14.8 Å². The van der Waals surface area contributed by atoms with Crippen molar-refractivity contribution in [1.29, 1.82) is 0 Å². The van der Waals surface area contributed by atoms with Crippen LogP contribution in [0, 0.1) is 5.82 Å². The van der Waals surface area contributed by atoms with Gasteiger partial charge in [0.25, 0.3) is 0 Å². The summed E-state index contributed by atoms with van der Waals surface area (Å²) in [5, 5.41) is 0. The monoisotopic (exact) mass is 370 g/mol. The summed E-state index contributed by atoms with van der Waals surface area (Å²) in [5.74, 6) is -0.491. The fourth-order valence-corrected chi connectivity index (χ4v) is 3.16. The molecule has 3 rings (SSSR count). The number of halogens is 1. The number of anilines is 1. The Labute approximate surface area is 158 Å². The van der Waals surface area contributed by atoms with Crippen LogP contribution < -0.4 is 4.90 Å². The van der Waals surface area contributed by atoms with Crippen LogP contribution in [0.1, 0.15) is 12.5 Å². The molecule has 0 unspecified atom stereocenters. The van der Waals surface area contributed by atoms with Crippen molar-refractivity contribution in [3.05, 3.63) is 60.2 Å². The van der Waals surface area contributed by atoms with E-state index in [1.54, 1.807) is 35.5 Å². The van der Waals surface area contributed by atoms with Crippen LogP contribution in [0.5, 0.6) is 0 Å². The highest BCUT2D eigenvalue weighted by atomic mass is 19.1. The molecule has 0 atom stereocenters. The Bertz CT molecular complexity index is 792. The number of carbonyl (C=O) groups is 2. The van der Waals surface area contributed by atoms with Gasteiger partial charge < -0.3 is 14.7 Å². The predicted octanol–water partition coefficient (Wildman–Crippen LogP) is 1.92. The van der Waals surface area contributed by atoms with Crippen LogP contribution in [-0.4, -0.2) is 59.3 Å². The third-order valence-electron chi connectivity index (χ3n) is 4.72. The molecule has 0 aliphatic carbocycles. The minimum absolute atomic E-state index is 0.0390. The van der Waals surface area contributed by atoms with Gasteiger partial charge in [-0.25, -0.2) is 4.39 Å². The molecule has 27 heavy (non-hydrogen) atoms. The zero-order valence-corrected chi connectivity index (χ0v) is 15.3. The smallest absolute Gasteiger partial charge is 0.242 e. The first-order valence-electron chi connectivity index (χ1n) is 8.96. The molecule has 6 nitrogen and oxygen atoms in total. The van der Waals surface area contributed by atoms with Crippen LogP contribution in [-0.2, 0) is 16.1 Å². The second kappa shape index (κ2) is 8.62. The summed E-state index contributed by atoms with van der Waals surface area (Å²) in [6, 6.07) is 10.3. The zero-order valence-electron chi connectivity index (χ0n) is 15.3. The Morgan fingerprint density at radius 1 is 1.07 bits per heavy atom. The van der Waals surface area contributed by atoms with Gasteiger partial charge in [-0.3, -0.25) is 14.6 Å². The lowest BCUT2D eigenvalue weighted by molar-refractivity contribution is -0.140. The first-order chi connectivity index (χ1) is 13.0. The maximum Gasteiger partial charge on any atom is 0.242 e. The number of aromatic nitrogens is 1. The van der Waals surface area contributed by atoms with Gasteiger partial charge in [0, 0.05) is 52.0 Å². The van der Waals surface area contributed by atoms with Crippen LogP contribution in [0.2, 0.25) is 0 Å². The van der Waals surface area contributed by atoms with E-state index in [0.717, 1.165) is 5.56 Å². The number of benzene rings is 1. The van der Waals surface area contributed by atoms with Crippen molar-refractivity contribution in [2.24, 2.45) is 0 Å². The van der Waals surface area contributed by atoms with Gasteiger partial charge >= 0.3 is 0 Å². The first-order valence-corrected chi connectivity index (χ1v) is 8.96. The van der Waals surface area contributed by atoms with Crippen molar-refractivity contribution < 1.29 is 14.0 Å². The lowest BCUT2D eigenvalue weighted by Gasteiger charge is -2.37. The number of para-hydroxylation sites is 1. The van der Waals surface area contributed by atoms with E-state index in [9.17, 15) is 14.0 Å². The molecule has 1 fully saturated rings. The number of piperazine rings is 1. The number of carbonyl (C=O) groups excluding carboxylic acids is 2. The number of hydrogen-bond acceptors (Lipinski definition) is 4. The molecular weight excluding hydrogens is 347 g/mol. The number of pyridine rings is 1. The summed E-state index contributed by atoms with van der Waals surface area (Å²) >= 11 is 0. The first kappa shape index (κ1) is 18.8. The normalized spacial score (nSPS) is 14.1. The topological polar surface area (TPSA) is 56.8 Å². The molecule has 1 saturated heterocycles. The van der Waals surface area contributed by atoms with Gasteiger partial charge in [-0.1, -0.05) is 12.1 Å². The van der Waals surface area contributed by atoms with E-state index >= 15 is 0 Å². The summed E-state index contributed by atoms with van der Waals surface area (Å²) < 4.78 is 13.9. The van der Waals surface area contributed by atoms with E-state index < -0.39 is 0 Å². The maximum absolute atomic E-state index is 13.9. The molecule has 142 valence electrons. The number of amides is 2. The van der Waals surface area contributed by atoms with Crippen LogP contribution >= 0.6 is 0 Å². The Morgan fingerprint density at radius 3 is 2.37 bits per heavy atom. The third-order valence-corrected chi connectivity index (χ3v) is 4.72. The lowest BCUT2D eigenvalue weighted by Crippen LogP contribution is -2.51. The summed E-state index contributed by atoms with van der Waals surface area (Å²) in [7, 11) is 0. The lowest BCUT2D eigenvalue weighted by atomic mass is 10.2. The van der Waals surface area contributed by atoms with Crippen molar-refractivity contribution in [3.63, 3.8) is 0 Å². The molecule has 0 radical (unpaired) electrons. The summed E-state index contributed by atoms with van der Waals surface area (Å²) in [6.45, 7) is 4.03. The summed E-state index contributed by atoms with van der Waals surface area (Å²) in [6.07, 6.45) is 3.33. The van der Waals surface area contributed by atoms with Crippen molar-refractivity contribution in [2.75, 3.05) is 37.6 Å². The molecule has 0 bridgehead atoms. The second-order valence-electron chi connectivity index (χ2n) is 6.55. The van der Waals surface area contributed by atoms with Crippen LogP contribution in [0.4, 0.5) is 10.1 Å². The Balaban J connectivity index is 1.56. The van der Waals surface area contributed by atoms with E-state index in [-0.39, 0.29) is 24.2 Å². The quantitative estimate of drug-likeness (QED) is 0.807. The van der Waals surface area contributed by atoms with E-state index in [1.807, 2.05) is 17.0 Å². The minimum Gasteiger partial charge on any atom is -0.366 e. The highest BCUT2D eigenvalue weighted by Crippen LogP contribution is 2.20. The largest absolute Gasteiger partial charge is 0.366 e. The Hall–Kier alpha value is -2.96. The van der Waals surface area contributed by atoms with Crippen molar-refractivity contribution >= 4 is 17.5 Å². The maximum atomic E-state index is 13.9. The summed E-state index contributed by atoms with van der Waals surface area (Å²) in [4.78, 5) is 33.7. The number of hydrogen-bond donors (Lipinski definition) is 0. The number of nitrogens with zero attached hydrogens (tertiary/aromatic N) is 4. The zero-order chi connectivity index (χ0) is 19.2. The van der Waals surface area contributed by atoms with Gasteiger partial charge in [0.05, 0.1) is 5.69 Å². The van der Waals surface area contributed by atoms with E-state index in [4.69, 9.17) is 0 Å². The standard InChI is InChI=1S/C20H23FN4O2/c1-16(26)25(14-17-6-8-22-9-7-17)15-20(27)24-12-10-23(11-13-24)19-5-3-2-4-18(19)21/h2-9H,10-15H2,1H3. The Kier molecular flexibility index (Phi) is 6.01. The van der Waals surface area contributed by atoms with Gasteiger partial charge in [0.2, 0.25) is 11.8 Å². The highest BCUT2D eigenvalue weighted by molar-refractivity contribution is 5.84. The average molecular weight is 370 g/mol. The van der Waals surface area contributed by atoms with Crippen molar-refractivity contribution in [2.45, 2.75) is 13.5 Å². The fourth-order valence-electron chi connectivity index (χ4n) is 3.16. The van der Waals surface area contributed by atoms with Crippen molar-refractivity contribution in [3.8, 4) is 0 Å². The van der Waals surface area contributed by atoms with Gasteiger partial charge in [-0.15, -0.1) is 0 Å². The molecule has 1 aliphatic rings. The van der Waals surface area contributed by atoms with Crippen LogP contribution in [0.3, 0.4) is 0 Å². The molecule has 1 aliphatic heterocycles. The average Bonchev–Trinajstić information content (AvgIpc) is 2.68. The second-order valence-corrected chi connectivity index (χ2v) is 6.55. The molecule has 0 N–H and O–H groups in total. The molecule has 2 heterocycles. The third kappa shape index (κ3) is 4.81. The Morgan fingerprint density at radius 2 is 1.74 bits per heavy atom. The van der Waals surface area contributed by atoms with E-state index in [0.29, 0.717) is 38.4 Å². The molecule has 1 aromatic heterocycles. The SMILES string of the molecule is CC(=O)N(CC(=O)N1CCN(c2ccccc2F)CC1)Cc1ccncc1. The van der Waals surface area contributed by atoms with Gasteiger partial charge in [-0.05, 0) is 29.8 Å². The van der Waals surface area contributed by atoms with Gasteiger partial charge in [0.15, 0.2) is 0 Å². The van der Waals surface area contributed by atoms with Gasteiger partial charge in [-0.2, -0.15) is 0 Å². The molecule has 0 saturated carbocycles. The molecule has 0 spiro atoms. The van der Waals surface area contributed by atoms with E-state index in [2.05, 4.69) is 4.98 Å². The van der Waals surface area contributed by atoms with Gasteiger partial charge in [0.1, 0.15) is 12.4 Å². The van der Waals surface area contributed by atoms with Crippen LogP contribution in [0.25, 0.3) is 0 Å². The predicted molar refractivity (Wildman–Crippen MR) is 101 cm³/mol. The molecule has 2 aromatic rings. The highest BCUT2D eigenvalue weighted by Gasteiger charge is 2.24.